The number of hydrogen-bond donors (Lipinski definition) is 0. The number of carbonyl (C=O) groups excluding carboxylic acids is 1. The molecule has 0 saturated heterocycles. The van der Waals surface area contributed by atoms with Crippen LogP contribution in [0, 0.1) is 5.82 Å². The van der Waals surface area contributed by atoms with Crippen LogP contribution in [0.15, 0.2) is 46.9 Å². The van der Waals surface area contributed by atoms with Crippen molar-refractivity contribution in [1.29, 1.82) is 0 Å². The van der Waals surface area contributed by atoms with Crippen LogP contribution in [0.5, 0.6) is 11.5 Å². The molecule has 0 aromatic heterocycles. The van der Waals surface area contributed by atoms with Crippen molar-refractivity contribution < 1.29 is 18.7 Å². The van der Waals surface area contributed by atoms with Crippen molar-refractivity contribution in [3.63, 3.8) is 0 Å². The summed E-state index contributed by atoms with van der Waals surface area (Å²) in [5, 5.41) is 0. The van der Waals surface area contributed by atoms with E-state index in [2.05, 4.69) is 15.9 Å². The maximum absolute atomic E-state index is 13.6. The van der Waals surface area contributed by atoms with Gasteiger partial charge < -0.3 is 9.47 Å². The lowest BCUT2D eigenvalue weighted by Crippen LogP contribution is -1.99. The Kier molecular flexibility index (Phi) is 5.33. The summed E-state index contributed by atoms with van der Waals surface area (Å²) in [5.74, 6) is 0.326. The van der Waals surface area contributed by atoms with Gasteiger partial charge in [-0.15, -0.1) is 0 Å². The Bertz CT molecular complexity index is 726. The molecule has 0 N–H and O–H groups in total. The molecule has 0 atom stereocenters. The lowest BCUT2D eigenvalue weighted by atomic mass is 10.1. The molecule has 3 nitrogen and oxygen atoms in total. The Morgan fingerprint density at radius 3 is 2.59 bits per heavy atom. The minimum Gasteiger partial charge on any atom is -0.497 e. The van der Waals surface area contributed by atoms with Crippen molar-refractivity contribution in [1.82, 2.24) is 0 Å². The molecule has 22 heavy (non-hydrogen) atoms. The van der Waals surface area contributed by atoms with E-state index in [1.54, 1.807) is 30.3 Å². The van der Waals surface area contributed by atoms with Gasteiger partial charge in [-0.2, -0.15) is 0 Å². The van der Waals surface area contributed by atoms with Crippen LogP contribution in [0.1, 0.15) is 15.9 Å². The first kappa shape index (κ1) is 16.2. The molecular weight excluding hydrogens is 351 g/mol. The molecule has 0 radical (unpaired) electrons. The number of ether oxygens (including phenoxy) is 2. The summed E-state index contributed by atoms with van der Waals surface area (Å²) in [6.07, 6.45) is 2.75. The predicted octanol–water partition coefficient (Wildman–Crippen LogP) is 4.50. The summed E-state index contributed by atoms with van der Waals surface area (Å²) in [6, 6.07) is 9.44. The molecule has 0 saturated carbocycles. The quantitative estimate of drug-likeness (QED) is 0.578. The third-order valence-electron chi connectivity index (χ3n) is 3.05. The van der Waals surface area contributed by atoms with Gasteiger partial charge in [0.15, 0.2) is 5.78 Å². The van der Waals surface area contributed by atoms with Crippen LogP contribution in [-0.2, 0) is 0 Å². The van der Waals surface area contributed by atoms with Crippen molar-refractivity contribution in [2.75, 3.05) is 14.2 Å². The summed E-state index contributed by atoms with van der Waals surface area (Å²) in [5.41, 5.74) is 0.713. The highest BCUT2D eigenvalue weighted by Gasteiger charge is 2.11. The number of halogens is 2. The first-order valence-electron chi connectivity index (χ1n) is 6.44. The van der Waals surface area contributed by atoms with Crippen molar-refractivity contribution in [2.24, 2.45) is 0 Å². The second-order valence-corrected chi connectivity index (χ2v) is 5.35. The molecule has 0 fully saturated rings. The van der Waals surface area contributed by atoms with Crippen LogP contribution in [0.3, 0.4) is 0 Å². The zero-order valence-corrected chi connectivity index (χ0v) is 13.7. The Hall–Kier alpha value is -2.14. The van der Waals surface area contributed by atoms with Gasteiger partial charge in [0.25, 0.3) is 0 Å². The van der Waals surface area contributed by atoms with Gasteiger partial charge in [-0.3, -0.25) is 4.79 Å². The Labute approximate surface area is 136 Å². The Morgan fingerprint density at radius 1 is 1.14 bits per heavy atom. The fraction of sp³-hybridized carbons (Fsp3) is 0.118. The number of allylic oxidation sites excluding steroid dienone is 1. The standard InChI is InChI=1S/C17H14BrFO3/c1-21-13-5-6-14(17(10-13)22-2)16(20)8-3-11-9-12(18)4-7-15(11)19/h3-10H,1-2H3. The normalized spacial score (nSPS) is 10.7. The second kappa shape index (κ2) is 7.22. The van der Waals surface area contributed by atoms with Gasteiger partial charge >= 0.3 is 0 Å². The molecule has 2 aromatic rings. The molecule has 2 rings (SSSR count). The van der Waals surface area contributed by atoms with Crippen molar-refractivity contribution in [3.8, 4) is 11.5 Å². The van der Waals surface area contributed by atoms with E-state index < -0.39 is 5.82 Å². The molecule has 0 spiro atoms. The van der Waals surface area contributed by atoms with Gasteiger partial charge in [0.1, 0.15) is 17.3 Å². The van der Waals surface area contributed by atoms with E-state index in [1.165, 1.54) is 32.4 Å². The molecule has 5 heteroatoms. The van der Waals surface area contributed by atoms with E-state index in [9.17, 15) is 9.18 Å². The highest BCUT2D eigenvalue weighted by Crippen LogP contribution is 2.25. The van der Waals surface area contributed by atoms with Gasteiger partial charge in [-0.1, -0.05) is 15.9 Å². The third kappa shape index (κ3) is 3.74. The van der Waals surface area contributed by atoms with Crippen LogP contribution < -0.4 is 9.47 Å². The van der Waals surface area contributed by atoms with Crippen LogP contribution >= 0.6 is 15.9 Å². The molecule has 0 bridgehead atoms. The minimum atomic E-state index is -0.394. The maximum atomic E-state index is 13.6. The average molecular weight is 365 g/mol. The largest absolute Gasteiger partial charge is 0.497 e. The van der Waals surface area contributed by atoms with E-state index in [1.807, 2.05) is 0 Å². The van der Waals surface area contributed by atoms with Gasteiger partial charge in [0, 0.05) is 16.1 Å². The van der Waals surface area contributed by atoms with Crippen molar-refractivity contribution in [3.05, 3.63) is 63.9 Å². The Balaban J connectivity index is 2.29. The predicted molar refractivity (Wildman–Crippen MR) is 87.0 cm³/mol. The first-order chi connectivity index (χ1) is 10.5. The maximum Gasteiger partial charge on any atom is 0.189 e. The monoisotopic (exact) mass is 364 g/mol. The summed E-state index contributed by atoms with van der Waals surface area (Å²) in [4.78, 5) is 12.3. The van der Waals surface area contributed by atoms with Crippen LogP contribution in [-0.4, -0.2) is 20.0 Å². The number of methoxy groups -OCH3 is 2. The third-order valence-corrected chi connectivity index (χ3v) is 3.54. The zero-order valence-electron chi connectivity index (χ0n) is 12.1. The molecule has 0 unspecified atom stereocenters. The van der Waals surface area contributed by atoms with Crippen molar-refractivity contribution in [2.45, 2.75) is 0 Å². The number of carbonyl (C=O) groups is 1. The molecule has 2 aromatic carbocycles. The minimum absolute atomic E-state index is 0.279. The van der Waals surface area contributed by atoms with Crippen molar-refractivity contribution >= 4 is 27.8 Å². The molecule has 0 amide bonds. The molecule has 0 aliphatic carbocycles. The summed E-state index contributed by atoms with van der Waals surface area (Å²) in [6.45, 7) is 0. The number of rotatable bonds is 5. The molecular formula is C17H14BrFO3. The second-order valence-electron chi connectivity index (χ2n) is 4.43. The highest BCUT2D eigenvalue weighted by atomic mass is 79.9. The van der Waals surface area contributed by atoms with E-state index >= 15 is 0 Å². The van der Waals surface area contributed by atoms with Gasteiger partial charge in [-0.05, 0) is 42.5 Å². The number of ketones is 1. The van der Waals surface area contributed by atoms with Gasteiger partial charge in [0.05, 0.1) is 19.8 Å². The van der Waals surface area contributed by atoms with E-state index in [0.29, 0.717) is 22.6 Å². The van der Waals surface area contributed by atoms with E-state index in [-0.39, 0.29) is 5.78 Å². The topological polar surface area (TPSA) is 35.5 Å². The van der Waals surface area contributed by atoms with Crippen LogP contribution in [0.25, 0.3) is 6.08 Å². The lowest BCUT2D eigenvalue weighted by molar-refractivity contribution is 0.104. The lowest BCUT2D eigenvalue weighted by Gasteiger charge is -2.08. The van der Waals surface area contributed by atoms with E-state index in [0.717, 1.165) is 4.47 Å². The van der Waals surface area contributed by atoms with Crippen LogP contribution in [0.4, 0.5) is 4.39 Å². The smallest absolute Gasteiger partial charge is 0.189 e. The molecule has 0 aliphatic rings. The van der Waals surface area contributed by atoms with E-state index in [4.69, 9.17) is 9.47 Å². The van der Waals surface area contributed by atoms with Crippen LogP contribution in [0.2, 0.25) is 0 Å². The summed E-state index contributed by atoms with van der Waals surface area (Å²) in [7, 11) is 3.01. The number of benzene rings is 2. The molecule has 0 heterocycles. The highest BCUT2D eigenvalue weighted by molar-refractivity contribution is 9.10. The van der Waals surface area contributed by atoms with Gasteiger partial charge in [0.2, 0.25) is 0 Å². The van der Waals surface area contributed by atoms with Gasteiger partial charge in [-0.25, -0.2) is 4.39 Å². The average Bonchev–Trinajstić information content (AvgIpc) is 2.54. The summed E-state index contributed by atoms with van der Waals surface area (Å²) < 4.78 is 24.7. The fourth-order valence-corrected chi connectivity index (χ4v) is 2.28. The zero-order chi connectivity index (χ0) is 16.1. The Morgan fingerprint density at radius 2 is 1.91 bits per heavy atom. The summed E-state index contributed by atoms with van der Waals surface area (Å²) >= 11 is 3.27. The fourth-order valence-electron chi connectivity index (χ4n) is 1.90. The molecule has 114 valence electrons. The number of hydrogen-bond acceptors (Lipinski definition) is 3. The molecule has 0 aliphatic heterocycles. The SMILES string of the molecule is COc1ccc(C(=O)C=Cc2cc(Br)ccc2F)c(OC)c1. The first-order valence-corrected chi connectivity index (χ1v) is 7.24.